The molecule has 0 bridgehead atoms. The van der Waals surface area contributed by atoms with Crippen LogP contribution in [0.25, 0.3) is 22.1 Å². The first-order valence-electron chi connectivity index (χ1n) is 6.11. The van der Waals surface area contributed by atoms with E-state index in [-0.39, 0.29) is 12.2 Å². The Morgan fingerprint density at radius 2 is 1.90 bits per heavy atom. The van der Waals surface area contributed by atoms with Crippen molar-refractivity contribution in [2.75, 3.05) is 0 Å². The molecule has 1 aromatic heterocycles. The Bertz CT molecular complexity index is 772. The topological polar surface area (TPSA) is 50.4 Å². The number of furan rings is 1. The molecule has 3 rings (SSSR count). The number of carbonyl (C=O) groups is 1. The molecule has 0 radical (unpaired) electrons. The highest BCUT2D eigenvalue weighted by molar-refractivity contribution is 5.94. The van der Waals surface area contributed by atoms with E-state index in [0.717, 1.165) is 16.5 Å². The van der Waals surface area contributed by atoms with Crippen molar-refractivity contribution in [3.63, 3.8) is 0 Å². The first-order chi connectivity index (χ1) is 9.63. The summed E-state index contributed by atoms with van der Waals surface area (Å²) in [6.45, 7) is 0. The lowest BCUT2D eigenvalue weighted by Gasteiger charge is -2.00. The molecule has 0 unspecified atom stereocenters. The minimum Gasteiger partial charge on any atom is -0.481 e. The average molecular weight is 270 g/mol. The van der Waals surface area contributed by atoms with Crippen LogP contribution >= 0.6 is 0 Å². The average Bonchev–Trinajstić information content (AvgIpc) is 2.82. The van der Waals surface area contributed by atoms with Gasteiger partial charge in [0.1, 0.15) is 11.4 Å². The highest BCUT2D eigenvalue weighted by Crippen LogP contribution is 2.31. The minimum absolute atomic E-state index is 0.0392. The van der Waals surface area contributed by atoms with E-state index in [1.165, 1.54) is 12.1 Å². The van der Waals surface area contributed by atoms with Crippen LogP contribution in [0.3, 0.4) is 0 Å². The highest BCUT2D eigenvalue weighted by atomic mass is 19.1. The molecule has 4 heteroatoms. The summed E-state index contributed by atoms with van der Waals surface area (Å²) in [5.74, 6) is -1.17. The van der Waals surface area contributed by atoms with Crippen molar-refractivity contribution in [2.45, 2.75) is 6.42 Å². The van der Waals surface area contributed by atoms with E-state index in [0.29, 0.717) is 11.1 Å². The summed E-state index contributed by atoms with van der Waals surface area (Å²) in [5, 5.41) is 9.66. The summed E-state index contributed by atoms with van der Waals surface area (Å²) in [4.78, 5) is 10.7. The van der Waals surface area contributed by atoms with Crippen molar-refractivity contribution in [3.8, 4) is 11.1 Å². The summed E-state index contributed by atoms with van der Waals surface area (Å²) in [6, 6.07) is 11.5. The second kappa shape index (κ2) is 4.81. The predicted octanol–water partition coefficient (Wildman–Crippen LogP) is 3.87. The normalized spacial score (nSPS) is 10.8. The monoisotopic (exact) mass is 270 g/mol. The van der Waals surface area contributed by atoms with Crippen LogP contribution in [0.1, 0.15) is 5.56 Å². The second-order valence-corrected chi connectivity index (χ2v) is 4.56. The smallest absolute Gasteiger partial charge is 0.307 e. The van der Waals surface area contributed by atoms with Crippen molar-refractivity contribution in [3.05, 3.63) is 60.1 Å². The Kier molecular flexibility index (Phi) is 2.99. The summed E-state index contributed by atoms with van der Waals surface area (Å²) in [6.07, 6.45) is 1.56. The second-order valence-electron chi connectivity index (χ2n) is 4.56. The van der Waals surface area contributed by atoms with Crippen LogP contribution in [0.5, 0.6) is 0 Å². The number of aliphatic carboxylic acids is 1. The number of hydrogen-bond acceptors (Lipinski definition) is 2. The Balaban J connectivity index is 2.05. The molecule has 0 aliphatic carbocycles. The van der Waals surface area contributed by atoms with E-state index in [1.54, 1.807) is 30.5 Å². The van der Waals surface area contributed by atoms with Gasteiger partial charge in [0.15, 0.2) is 0 Å². The molecule has 0 saturated carbocycles. The van der Waals surface area contributed by atoms with E-state index in [4.69, 9.17) is 9.52 Å². The Labute approximate surface area is 114 Å². The number of carboxylic acid groups (broad SMARTS) is 1. The van der Waals surface area contributed by atoms with Crippen LogP contribution in [-0.2, 0) is 11.2 Å². The van der Waals surface area contributed by atoms with Crippen LogP contribution in [0, 0.1) is 5.82 Å². The number of fused-ring (bicyclic) bond motifs is 1. The molecule has 1 N–H and O–H groups in total. The van der Waals surface area contributed by atoms with Gasteiger partial charge in [0.2, 0.25) is 0 Å². The molecular weight excluding hydrogens is 259 g/mol. The highest BCUT2D eigenvalue weighted by Gasteiger charge is 2.10. The molecule has 0 atom stereocenters. The molecule has 0 fully saturated rings. The van der Waals surface area contributed by atoms with Gasteiger partial charge in [0.25, 0.3) is 0 Å². The lowest BCUT2D eigenvalue weighted by atomic mass is 10.0. The molecule has 20 heavy (non-hydrogen) atoms. The van der Waals surface area contributed by atoms with E-state index >= 15 is 0 Å². The van der Waals surface area contributed by atoms with Crippen LogP contribution in [0.4, 0.5) is 4.39 Å². The molecule has 0 aliphatic heterocycles. The van der Waals surface area contributed by atoms with E-state index in [2.05, 4.69) is 0 Å². The lowest BCUT2D eigenvalue weighted by Crippen LogP contribution is -1.99. The number of hydrogen-bond donors (Lipinski definition) is 1. The van der Waals surface area contributed by atoms with Crippen LogP contribution in [0.2, 0.25) is 0 Å². The summed E-state index contributed by atoms with van der Waals surface area (Å²) < 4.78 is 18.4. The van der Waals surface area contributed by atoms with Crippen molar-refractivity contribution in [2.24, 2.45) is 0 Å². The molecular formula is C16H11FO3. The van der Waals surface area contributed by atoms with Crippen molar-refractivity contribution >= 4 is 16.9 Å². The van der Waals surface area contributed by atoms with Crippen molar-refractivity contribution in [1.29, 1.82) is 0 Å². The largest absolute Gasteiger partial charge is 0.481 e. The summed E-state index contributed by atoms with van der Waals surface area (Å²) >= 11 is 0. The number of benzene rings is 2. The molecule has 0 saturated heterocycles. The van der Waals surface area contributed by atoms with Gasteiger partial charge in [-0.25, -0.2) is 4.39 Å². The van der Waals surface area contributed by atoms with Crippen molar-refractivity contribution < 1.29 is 18.7 Å². The number of rotatable bonds is 3. The maximum Gasteiger partial charge on any atom is 0.307 e. The molecule has 1 heterocycles. The van der Waals surface area contributed by atoms with Gasteiger partial charge in [0, 0.05) is 10.9 Å². The minimum atomic E-state index is -0.880. The van der Waals surface area contributed by atoms with Gasteiger partial charge < -0.3 is 9.52 Å². The van der Waals surface area contributed by atoms with Gasteiger partial charge in [-0.05, 0) is 29.3 Å². The van der Waals surface area contributed by atoms with Crippen molar-refractivity contribution in [1.82, 2.24) is 0 Å². The molecule has 0 amide bonds. The lowest BCUT2D eigenvalue weighted by molar-refractivity contribution is -0.136. The van der Waals surface area contributed by atoms with Crippen LogP contribution in [0.15, 0.2) is 53.1 Å². The Morgan fingerprint density at radius 1 is 1.15 bits per heavy atom. The number of carboxylic acids is 1. The standard InChI is InChI=1S/C16H11FO3/c17-12-4-2-11(3-5-12)14-9-20-15-7-10(8-16(18)19)1-6-13(14)15/h1-7,9H,8H2,(H,18,19). The summed E-state index contributed by atoms with van der Waals surface area (Å²) in [7, 11) is 0. The first kappa shape index (κ1) is 12.4. The third-order valence-corrected chi connectivity index (χ3v) is 3.15. The van der Waals surface area contributed by atoms with Gasteiger partial charge in [-0.1, -0.05) is 24.3 Å². The van der Waals surface area contributed by atoms with Gasteiger partial charge in [0.05, 0.1) is 12.7 Å². The third-order valence-electron chi connectivity index (χ3n) is 3.15. The molecule has 0 aliphatic rings. The van der Waals surface area contributed by atoms with E-state index in [1.807, 2.05) is 6.07 Å². The van der Waals surface area contributed by atoms with E-state index in [9.17, 15) is 9.18 Å². The predicted molar refractivity (Wildman–Crippen MR) is 72.9 cm³/mol. The Hall–Kier alpha value is -2.62. The molecule has 2 aromatic carbocycles. The zero-order valence-electron chi connectivity index (χ0n) is 10.5. The molecule has 0 spiro atoms. The van der Waals surface area contributed by atoms with Crippen LogP contribution < -0.4 is 0 Å². The van der Waals surface area contributed by atoms with Gasteiger partial charge >= 0.3 is 5.97 Å². The SMILES string of the molecule is O=C(O)Cc1ccc2c(-c3ccc(F)cc3)coc2c1. The summed E-state index contributed by atoms with van der Waals surface area (Å²) in [5.41, 5.74) is 3.03. The van der Waals surface area contributed by atoms with Gasteiger partial charge in [-0.3, -0.25) is 4.79 Å². The third kappa shape index (κ3) is 2.28. The Morgan fingerprint density at radius 3 is 2.60 bits per heavy atom. The maximum absolute atomic E-state index is 12.9. The quantitative estimate of drug-likeness (QED) is 0.786. The first-order valence-corrected chi connectivity index (χ1v) is 6.11. The number of halogens is 1. The zero-order valence-corrected chi connectivity index (χ0v) is 10.5. The molecule has 3 aromatic rings. The fraction of sp³-hybridized carbons (Fsp3) is 0.0625. The zero-order chi connectivity index (χ0) is 14.1. The maximum atomic E-state index is 12.9. The fourth-order valence-electron chi connectivity index (χ4n) is 2.21. The van der Waals surface area contributed by atoms with Crippen LogP contribution in [-0.4, -0.2) is 11.1 Å². The van der Waals surface area contributed by atoms with Gasteiger partial charge in [-0.2, -0.15) is 0 Å². The van der Waals surface area contributed by atoms with E-state index < -0.39 is 5.97 Å². The fourth-order valence-corrected chi connectivity index (χ4v) is 2.21. The molecule has 3 nitrogen and oxygen atoms in total. The molecule has 100 valence electrons. The van der Waals surface area contributed by atoms with Gasteiger partial charge in [-0.15, -0.1) is 0 Å².